The molecule has 2 atom stereocenters. The molecule has 0 aromatic carbocycles. The standard InChI is InChI=1S/C13H20N4O2/c1-9-5-11(16-17(9)2)15-12(18)13-3-4-19-7-10(13)6-14-8-13/h5,10,14H,3-4,6-8H2,1-2H3,(H,15,16,18)/t10-,13+/m0/s1. The van der Waals surface area contributed by atoms with Crippen molar-refractivity contribution < 1.29 is 9.53 Å². The van der Waals surface area contributed by atoms with Gasteiger partial charge in [-0.15, -0.1) is 0 Å². The molecule has 0 bridgehead atoms. The number of amides is 1. The van der Waals surface area contributed by atoms with Crippen LogP contribution >= 0.6 is 0 Å². The van der Waals surface area contributed by atoms with Gasteiger partial charge < -0.3 is 15.4 Å². The Hall–Kier alpha value is -1.40. The van der Waals surface area contributed by atoms with Crippen molar-refractivity contribution in [3.05, 3.63) is 11.8 Å². The SMILES string of the molecule is Cc1cc(NC(=O)[C@@]23CCOC[C@@H]2CNC3)nn1C. The van der Waals surface area contributed by atoms with Gasteiger partial charge in [0.05, 0.1) is 12.0 Å². The van der Waals surface area contributed by atoms with Crippen molar-refractivity contribution in [1.82, 2.24) is 15.1 Å². The first kappa shape index (κ1) is 12.6. The van der Waals surface area contributed by atoms with E-state index in [9.17, 15) is 4.79 Å². The molecule has 0 spiro atoms. The monoisotopic (exact) mass is 264 g/mol. The van der Waals surface area contributed by atoms with Gasteiger partial charge in [0, 0.05) is 44.4 Å². The Balaban J connectivity index is 1.79. The molecule has 3 heterocycles. The van der Waals surface area contributed by atoms with Crippen LogP contribution in [-0.4, -0.2) is 42.0 Å². The zero-order valence-electron chi connectivity index (χ0n) is 11.4. The van der Waals surface area contributed by atoms with E-state index in [0.717, 1.165) is 25.2 Å². The fourth-order valence-electron chi connectivity index (χ4n) is 3.04. The number of nitrogens with zero attached hydrogens (tertiary/aromatic N) is 2. The first-order valence-corrected chi connectivity index (χ1v) is 6.72. The lowest BCUT2D eigenvalue weighted by Crippen LogP contribution is -2.47. The molecule has 0 radical (unpaired) electrons. The van der Waals surface area contributed by atoms with Gasteiger partial charge in [0.25, 0.3) is 0 Å². The highest BCUT2D eigenvalue weighted by atomic mass is 16.5. The quantitative estimate of drug-likeness (QED) is 0.806. The molecule has 104 valence electrons. The molecule has 0 saturated carbocycles. The molecule has 3 rings (SSSR count). The van der Waals surface area contributed by atoms with Crippen molar-refractivity contribution in [3.63, 3.8) is 0 Å². The Morgan fingerprint density at radius 3 is 3.26 bits per heavy atom. The molecular formula is C13H20N4O2. The topological polar surface area (TPSA) is 68.2 Å². The van der Waals surface area contributed by atoms with Crippen LogP contribution in [0, 0.1) is 18.3 Å². The number of aromatic nitrogens is 2. The number of fused-ring (bicyclic) bond motifs is 1. The number of ether oxygens (including phenoxy) is 1. The minimum atomic E-state index is -0.330. The summed E-state index contributed by atoms with van der Waals surface area (Å²) in [5.41, 5.74) is 0.699. The Morgan fingerprint density at radius 2 is 2.53 bits per heavy atom. The maximum atomic E-state index is 12.6. The average molecular weight is 264 g/mol. The van der Waals surface area contributed by atoms with E-state index in [4.69, 9.17) is 4.74 Å². The van der Waals surface area contributed by atoms with Crippen molar-refractivity contribution in [2.24, 2.45) is 18.4 Å². The van der Waals surface area contributed by atoms with Crippen LogP contribution in [-0.2, 0) is 16.6 Å². The molecule has 0 aliphatic carbocycles. The lowest BCUT2D eigenvalue weighted by atomic mass is 9.73. The van der Waals surface area contributed by atoms with Crippen LogP contribution in [0.3, 0.4) is 0 Å². The molecule has 2 aliphatic rings. The summed E-state index contributed by atoms with van der Waals surface area (Å²) in [7, 11) is 1.87. The van der Waals surface area contributed by atoms with Gasteiger partial charge in [0.1, 0.15) is 0 Å². The van der Waals surface area contributed by atoms with Crippen molar-refractivity contribution in [2.75, 3.05) is 31.6 Å². The molecule has 2 fully saturated rings. The summed E-state index contributed by atoms with van der Waals surface area (Å²) in [4.78, 5) is 12.6. The van der Waals surface area contributed by atoms with E-state index in [0.29, 0.717) is 19.0 Å². The molecule has 1 aromatic heterocycles. The van der Waals surface area contributed by atoms with Crippen molar-refractivity contribution in [1.29, 1.82) is 0 Å². The van der Waals surface area contributed by atoms with Gasteiger partial charge in [0.2, 0.25) is 5.91 Å². The Labute approximate surface area is 112 Å². The van der Waals surface area contributed by atoms with Crippen molar-refractivity contribution in [2.45, 2.75) is 13.3 Å². The van der Waals surface area contributed by atoms with E-state index < -0.39 is 0 Å². The highest BCUT2D eigenvalue weighted by molar-refractivity contribution is 5.95. The highest BCUT2D eigenvalue weighted by Gasteiger charge is 2.50. The van der Waals surface area contributed by atoms with Gasteiger partial charge in [-0.2, -0.15) is 5.10 Å². The second kappa shape index (κ2) is 4.61. The van der Waals surface area contributed by atoms with Crippen molar-refractivity contribution in [3.8, 4) is 0 Å². The fourth-order valence-corrected chi connectivity index (χ4v) is 3.04. The first-order valence-electron chi connectivity index (χ1n) is 6.72. The maximum absolute atomic E-state index is 12.6. The first-order chi connectivity index (χ1) is 9.12. The van der Waals surface area contributed by atoms with Crippen LogP contribution in [0.15, 0.2) is 6.07 Å². The molecular weight excluding hydrogens is 244 g/mol. The third-order valence-corrected chi connectivity index (χ3v) is 4.43. The van der Waals surface area contributed by atoms with Gasteiger partial charge in [0.15, 0.2) is 5.82 Å². The summed E-state index contributed by atoms with van der Waals surface area (Å²) in [5.74, 6) is 0.978. The Kier molecular flexibility index (Phi) is 3.06. The zero-order chi connectivity index (χ0) is 13.5. The summed E-state index contributed by atoms with van der Waals surface area (Å²) in [6.07, 6.45) is 0.780. The van der Waals surface area contributed by atoms with Gasteiger partial charge in [-0.25, -0.2) is 0 Å². The van der Waals surface area contributed by atoms with Gasteiger partial charge in [-0.05, 0) is 13.3 Å². The summed E-state index contributed by atoms with van der Waals surface area (Å²) < 4.78 is 7.26. The number of anilines is 1. The second-order valence-corrected chi connectivity index (χ2v) is 5.56. The van der Waals surface area contributed by atoms with E-state index in [2.05, 4.69) is 15.7 Å². The van der Waals surface area contributed by atoms with Crippen LogP contribution in [0.4, 0.5) is 5.82 Å². The minimum Gasteiger partial charge on any atom is -0.381 e. The van der Waals surface area contributed by atoms with E-state index in [1.54, 1.807) is 4.68 Å². The van der Waals surface area contributed by atoms with E-state index >= 15 is 0 Å². The lowest BCUT2D eigenvalue weighted by molar-refractivity contribution is -0.133. The largest absolute Gasteiger partial charge is 0.381 e. The molecule has 6 heteroatoms. The lowest BCUT2D eigenvalue weighted by Gasteiger charge is -2.36. The van der Waals surface area contributed by atoms with Crippen LogP contribution < -0.4 is 10.6 Å². The number of aryl methyl sites for hydroxylation is 2. The average Bonchev–Trinajstić information content (AvgIpc) is 2.94. The summed E-state index contributed by atoms with van der Waals surface area (Å²) in [5, 5.41) is 10.6. The molecule has 19 heavy (non-hydrogen) atoms. The zero-order valence-corrected chi connectivity index (χ0v) is 11.4. The molecule has 2 saturated heterocycles. The molecule has 6 nitrogen and oxygen atoms in total. The number of carbonyl (C=O) groups excluding carboxylic acids is 1. The highest BCUT2D eigenvalue weighted by Crippen LogP contribution is 2.39. The van der Waals surface area contributed by atoms with Gasteiger partial charge >= 0.3 is 0 Å². The number of nitrogens with one attached hydrogen (secondary N) is 2. The van der Waals surface area contributed by atoms with Gasteiger partial charge in [-0.3, -0.25) is 9.48 Å². The fraction of sp³-hybridized carbons (Fsp3) is 0.692. The molecule has 2 aliphatic heterocycles. The van der Waals surface area contributed by atoms with E-state index in [1.807, 2.05) is 20.0 Å². The minimum absolute atomic E-state index is 0.0731. The van der Waals surface area contributed by atoms with Crippen molar-refractivity contribution >= 4 is 11.7 Å². The third kappa shape index (κ3) is 2.04. The molecule has 0 unspecified atom stereocenters. The number of hydrogen-bond donors (Lipinski definition) is 2. The summed E-state index contributed by atoms with van der Waals surface area (Å²) in [6.45, 7) is 4.89. The maximum Gasteiger partial charge on any atom is 0.233 e. The Bertz CT molecular complexity index is 479. The number of carbonyl (C=O) groups is 1. The van der Waals surface area contributed by atoms with Crippen LogP contribution in [0.2, 0.25) is 0 Å². The van der Waals surface area contributed by atoms with Crippen LogP contribution in [0.1, 0.15) is 12.1 Å². The predicted octanol–water partition coefficient (Wildman–Crippen LogP) is 0.293. The predicted molar refractivity (Wildman–Crippen MR) is 70.8 cm³/mol. The Morgan fingerprint density at radius 1 is 1.68 bits per heavy atom. The summed E-state index contributed by atoms with van der Waals surface area (Å²) in [6, 6.07) is 1.89. The van der Waals surface area contributed by atoms with E-state index in [1.165, 1.54) is 0 Å². The number of hydrogen-bond acceptors (Lipinski definition) is 4. The molecule has 2 N–H and O–H groups in total. The molecule has 1 aromatic rings. The number of rotatable bonds is 2. The third-order valence-electron chi connectivity index (χ3n) is 4.43. The van der Waals surface area contributed by atoms with Crippen LogP contribution in [0.5, 0.6) is 0 Å². The van der Waals surface area contributed by atoms with Crippen LogP contribution in [0.25, 0.3) is 0 Å². The van der Waals surface area contributed by atoms with E-state index in [-0.39, 0.29) is 17.2 Å². The van der Waals surface area contributed by atoms with Gasteiger partial charge in [-0.1, -0.05) is 0 Å². The summed E-state index contributed by atoms with van der Waals surface area (Å²) >= 11 is 0. The smallest absolute Gasteiger partial charge is 0.233 e. The normalized spacial score (nSPS) is 30.1. The molecule has 1 amide bonds. The second-order valence-electron chi connectivity index (χ2n) is 5.56.